The third-order valence-corrected chi connectivity index (χ3v) is 6.24. The Balaban J connectivity index is 1.88. The minimum Gasteiger partial charge on any atom is -0.491 e. The van der Waals surface area contributed by atoms with Gasteiger partial charge in [-0.1, -0.05) is 45.0 Å². The quantitative estimate of drug-likeness (QED) is 0.307. The zero-order valence-electron chi connectivity index (χ0n) is 19.7. The molecule has 1 N–H and O–H groups in total. The van der Waals surface area contributed by atoms with Gasteiger partial charge in [0.1, 0.15) is 28.6 Å². The number of aliphatic hydroxyl groups is 1. The Morgan fingerprint density at radius 3 is 2.55 bits per heavy atom. The number of thioether (sulfide) groups is 1. The third-order valence-electron chi connectivity index (χ3n) is 5.12. The molecule has 0 spiro atoms. The summed E-state index contributed by atoms with van der Waals surface area (Å²) in [5.41, 5.74) is -0.0196. The number of aromatic nitrogens is 4. The topological polar surface area (TPSA) is 99.2 Å². The molecule has 1 unspecified atom stereocenters. The van der Waals surface area contributed by atoms with Crippen LogP contribution in [-0.2, 0) is 25.9 Å². The molecule has 0 amide bonds. The second-order valence-corrected chi connectivity index (χ2v) is 9.89. The van der Waals surface area contributed by atoms with Gasteiger partial charge in [-0.05, 0) is 18.1 Å². The van der Waals surface area contributed by atoms with Gasteiger partial charge >= 0.3 is 5.69 Å². The number of para-hydroxylation sites is 1. The van der Waals surface area contributed by atoms with Crippen molar-refractivity contribution in [3.05, 3.63) is 69.1 Å². The van der Waals surface area contributed by atoms with E-state index in [1.165, 1.54) is 23.4 Å². The van der Waals surface area contributed by atoms with Crippen LogP contribution in [0.3, 0.4) is 0 Å². The Morgan fingerprint density at radius 2 is 1.88 bits per heavy atom. The molecule has 8 nitrogen and oxygen atoms in total. The van der Waals surface area contributed by atoms with Crippen LogP contribution in [0.25, 0.3) is 11.0 Å². The van der Waals surface area contributed by atoms with Gasteiger partial charge in [-0.3, -0.25) is 13.9 Å². The van der Waals surface area contributed by atoms with Crippen molar-refractivity contribution >= 4 is 22.8 Å². The van der Waals surface area contributed by atoms with Crippen LogP contribution in [0, 0.1) is 0 Å². The van der Waals surface area contributed by atoms with Gasteiger partial charge in [-0.25, -0.2) is 14.8 Å². The van der Waals surface area contributed by atoms with Gasteiger partial charge in [0.05, 0.1) is 6.10 Å². The van der Waals surface area contributed by atoms with E-state index in [1.807, 2.05) is 45.0 Å². The number of hydrogen-bond acceptors (Lipinski definition) is 7. The van der Waals surface area contributed by atoms with E-state index in [2.05, 4.69) is 16.5 Å². The highest BCUT2D eigenvalue weighted by Crippen LogP contribution is 2.27. The summed E-state index contributed by atoms with van der Waals surface area (Å²) in [5.74, 6) is 1.48. The molecule has 176 valence electrons. The van der Waals surface area contributed by atoms with Crippen LogP contribution >= 0.6 is 11.8 Å². The summed E-state index contributed by atoms with van der Waals surface area (Å²) in [7, 11) is 3.01. The summed E-state index contributed by atoms with van der Waals surface area (Å²) in [6.45, 7) is 9.74. The molecule has 2 aromatic heterocycles. The predicted molar refractivity (Wildman–Crippen MR) is 131 cm³/mol. The lowest BCUT2D eigenvalue weighted by Crippen LogP contribution is -2.38. The SMILES string of the molecule is C=CCc1ccccc1OCC(O)CSc1nc(C(C)(C)C)nc2c1c(=O)n(C)c(=O)n2C. The van der Waals surface area contributed by atoms with E-state index in [4.69, 9.17) is 4.74 Å². The first-order chi connectivity index (χ1) is 15.5. The van der Waals surface area contributed by atoms with Gasteiger partial charge in [-0.2, -0.15) is 0 Å². The summed E-state index contributed by atoms with van der Waals surface area (Å²) < 4.78 is 8.23. The molecule has 1 aromatic carbocycles. The first-order valence-corrected chi connectivity index (χ1v) is 11.6. The molecular weight excluding hydrogens is 440 g/mol. The van der Waals surface area contributed by atoms with Crippen molar-refractivity contribution in [2.45, 2.75) is 43.7 Å². The normalized spacial score (nSPS) is 12.7. The highest BCUT2D eigenvalue weighted by atomic mass is 32.2. The van der Waals surface area contributed by atoms with Crippen molar-refractivity contribution in [1.29, 1.82) is 0 Å². The summed E-state index contributed by atoms with van der Waals surface area (Å²) in [4.78, 5) is 34.5. The van der Waals surface area contributed by atoms with Crippen molar-refractivity contribution in [2.24, 2.45) is 14.1 Å². The zero-order chi connectivity index (χ0) is 24.3. The molecule has 1 atom stereocenters. The van der Waals surface area contributed by atoms with E-state index < -0.39 is 22.8 Å². The molecule has 0 radical (unpaired) electrons. The highest BCUT2D eigenvalue weighted by molar-refractivity contribution is 7.99. The van der Waals surface area contributed by atoms with Crippen molar-refractivity contribution in [3.8, 4) is 5.75 Å². The van der Waals surface area contributed by atoms with E-state index in [9.17, 15) is 14.7 Å². The van der Waals surface area contributed by atoms with Crippen molar-refractivity contribution in [3.63, 3.8) is 0 Å². The summed E-state index contributed by atoms with van der Waals surface area (Å²) in [6, 6.07) is 7.62. The van der Waals surface area contributed by atoms with Gasteiger partial charge in [0.2, 0.25) is 0 Å². The molecule has 0 aliphatic rings. The minimum atomic E-state index is -0.800. The standard InChI is InChI=1S/C24H30N4O4S/c1-7-10-15-11-8-9-12-17(15)32-13-16(29)14-33-20-18-19(25-22(26-20)24(2,3)4)27(5)23(31)28(6)21(18)30/h7-9,11-12,16,29H,1,10,13-14H2,2-6H3. The number of aliphatic hydroxyl groups excluding tert-OH is 1. The molecule has 0 aliphatic carbocycles. The number of allylic oxidation sites excluding steroid dienone is 1. The van der Waals surface area contributed by atoms with Crippen LogP contribution in [-0.4, -0.2) is 42.7 Å². The predicted octanol–water partition coefficient (Wildman–Crippen LogP) is 2.59. The molecule has 2 heterocycles. The molecule has 0 saturated carbocycles. The average Bonchev–Trinajstić information content (AvgIpc) is 2.78. The van der Waals surface area contributed by atoms with E-state index >= 15 is 0 Å². The fourth-order valence-corrected chi connectivity index (χ4v) is 4.17. The van der Waals surface area contributed by atoms with Gasteiger partial charge in [0.15, 0.2) is 5.65 Å². The highest BCUT2D eigenvalue weighted by Gasteiger charge is 2.24. The molecule has 3 aromatic rings. The Hall–Kier alpha value is -2.91. The minimum absolute atomic E-state index is 0.0901. The van der Waals surface area contributed by atoms with E-state index in [0.29, 0.717) is 23.0 Å². The maximum Gasteiger partial charge on any atom is 0.332 e. The summed E-state index contributed by atoms with van der Waals surface area (Å²) >= 11 is 1.25. The van der Waals surface area contributed by atoms with Crippen LogP contribution < -0.4 is 16.0 Å². The number of fused-ring (bicyclic) bond motifs is 1. The Labute approximate surface area is 197 Å². The Kier molecular flexibility index (Phi) is 7.44. The first kappa shape index (κ1) is 24.7. The average molecular weight is 471 g/mol. The summed E-state index contributed by atoms with van der Waals surface area (Å²) in [5, 5.41) is 11.3. The second kappa shape index (κ2) is 9.93. The number of aryl methyl sites for hydroxylation is 1. The lowest BCUT2D eigenvalue weighted by molar-refractivity contribution is 0.126. The lowest BCUT2D eigenvalue weighted by atomic mass is 9.96. The number of hydrogen-bond donors (Lipinski definition) is 1. The maximum atomic E-state index is 12.9. The fourth-order valence-electron chi connectivity index (χ4n) is 3.25. The maximum absolute atomic E-state index is 12.9. The van der Waals surface area contributed by atoms with Gasteiger partial charge in [-0.15, -0.1) is 18.3 Å². The molecular formula is C24H30N4O4S. The molecule has 33 heavy (non-hydrogen) atoms. The Bertz CT molecular complexity index is 1290. The largest absolute Gasteiger partial charge is 0.491 e. The van der Waals surface area contributed by atoms with Crippen molar-refractivity contribution < 1.29 is 9.84 Å². The second-order valence-electron chi connectivity index (χ2n) is 8.88. The van der Waals surface area contributed by atoms with Gasteiger partial charge in [0, 0.05) is 25.3 Å². The van der Waals surface area contributed by atoms with Crippen LogP contribution in [0.5, 0.6) is 5.75 Å². The van der Waals surface area contributed by atoms with Crippen molar-refractivity contribution in [2.75, 3.05) is 12.4 Å². The molecule has 3 rings (SSSR count). The molecule has 0 bridgehead atoms. The number of ether oxygens (including phenoxy) is 1. The van der Waals surface area contributed by atoms with Gasteiger partial charge < -0.3 is 9.84 Å². The smallest absolute Gasteiger partial charge is 0.332 e. The number of benzene rings is 1. The first-order valence-electron chi connectivity index (χ1n) is 10.6. The molecule has 0 aliphatic heterocycles. The van der Waals surface area contributed by atoms with Crippen LogP contribution in [0.4, 0.5) is 0 Å². The third kappa shape index (κ3) is 5.36. The van der Waals surface area contributed by atoms with E-state index in [-0.39, 0.29) is 23.4 Å². The van der Waals surface area contributed by atoms with E-state index in [0.717, 1.165) is 10.1 Å². The molecule has 0 saturated heterocycles. The molecule has 9 heteroatoms. The lowest BCUT2D eigenvalue weighted by Gasteiger charge is -2.20. The van der Waals surface area contributed by atoms with Gasteiger partial charge in [0.25, 0.3) is 5.56 Å². The van der Waals surface area contributed by atoms with E-state index in [1.54, 1.807) is 13.1 Å². The number of rotatable bonds is 8. The monoisotopic (exact) mass is 470 g/mol. The van der Waals surface area contributed by atoms with Crippen molar-refractivity contribution in [1.82, 2.24) is 19.1 Å². The van der Waals surface area contributed by atoms with Crippen LogP contribution in [0.15, 0.2) is 51.5 Å². The van der Waals surface area contributed by atoms with Crippen LogP contribution in [0.1, 0.15) is 32.2 Å². The zero-order valence-corrected chi connectivity index (χ0v) is 20.5. The number of nitrogens with zero attached hydrogens (tertiary/aromatic N) is 4. The fraction of sp³-hybridized carbons (Fsp3) is 0.417. The summed E-state index contributed by atoms with van der Waals surface area (Å²) in [6.07, 6.45) is 1.67. The molecule has 0 fully saturated rings. The Morgan fingerprint density at radius 1 is 1.18 bits per heavy atom. The van der Waals surface area contributed by atoms with Crippen LogP contribution in [0.2, 0.25) is 0 Å².